The maximum atomic E-state index is 5.88. The Bertz CT molecular complexity index is 499. The van der Waals surface area contributed by atoms with Crippen LogP contribution >= 0.6 is 0 Å². The Morgan fingerprint density at radius 2 is 2.38 bits per heavy atom. The first-order chi connectivity index (χ1) is 10.3. The summed E-state index contributed by atoms with van der Waals surface area (Å²) in [7, 11) is 0. The maximum absolute atomic E-state index is 5.88. The molecule has 116 valence electrons. The molecule has 1 aromatic rings. The maximum Gasteiger partial charge on any atom is 0.192 e. The Hall–Kier alpha value is -1.63. The van der Waals surface area contributed by atoms with E-state index >= 15 is 0 Å². The summed E-state index contributed by atoms with van der Waals surface area (Å²) in [6.07, 6.45) is 5.98. The number of ether oxygens (including phenoxy) is 1. The minimum absolute atomic E-state index is 0.346. The van der Waals surface area contributed by atoms with Crippen LogP contribution < -0.4 is 10.6 Å². The molecular weight excluding hydrogens is 268 g/mol. The van der Waals surface area contributed by atoms with E-state index in [1.165, 1.54) is 6.42 Å². The fraction of sp³-hybridized carbons (Fsp3) is 0.786. The van der Waals surface area contributed by atoms with Crippen molar-refractivity contribution in [3.05, 3.63) is 12.2 Å². The third kappa shape index (κ3) is 3.18. The Balaban J connectivity index is 1.62. The molecule has 3 rings (SSSR count). The molecule has 2 fully saturated rings. The van der Waals surface area contributed by atoms with Gasteiger partial charge in [0.15, 0.2) is 11.8 Å². The van der Waals surface area contributed by atoms with Crippen LogP contribution in [-0.4, -0.2) is 45.5 Å². The molecule has 2 bridgehead atoms. The van der Waals surface area contributed by atoms with Gasteiger partial charge in [0.2, 0.25) is 0 Å². The lowest BCUT2D eigenvalue weighted by Gasteiger charge is -2.22. The van der Waals surface area contributed by atoms with E-state index in [4.69, 9.17) is 4.74 Å². The molecule has 2 aliphatic heterocycles. The van der Waals surface area contributed by atoms with Crippen LogP contribution in [0.15, 0.2) is 11.3 Å². The van der Waals surface area contributed by atoms with Crippen LogP contribution in [0.1, 0.15) is 38.9 Å². The number of guanidine groups is 1. The number of nitrogens with one attached hydrogen (secondary N) is 2. The standard InChI is InChI=1S/C14H24N6O/c1-3-15-14(16-8-13-19-17-9-20(13)4-2)18-11-7-10-5-6-12(11)21-10/h9-12H,3-8H2,1-2H3,(H2,15,16,18). The summed E-state index contributed by atoms with van der Waals surface area (Å²) in [4.78, 5) is 4.63. The van der Waals surface area contributed by atoms with Crippen LogP contribution in [0, 0.1) is 0 Å². The minimum Gasteiger partial charge on any atom is -0.373 e. The Kier molecular flexibility index (Phi) is 4.38. The van der Waals surface area contributed by atoms with Crippen molar-refractivity contribution >= 4 is 5.96 Å². The van der Waals surface area contributed by atoms with Gasteiger partial charge in [-0.3, -0.25) is 0 Å². The van der Waals surface area contributed by atoms with E-state index in [0.29, 0.717) is 24.8 Å². The molecule has 0 aliphatic carbocycles. The van der Waals surface area contributed by atoms with Crippen molar-refractivity contribution in [1.82, 2.24) is 25.4 Å². The highest BCUT2D eigenvalue weighted by Crippen LogP contribution is 2.34. The summed E-state index contributed by atoms with van der Waals surface area (Å²) in [6.45, 7) is 6.39. The van der Waals surface area contributed by atoms with Crippen LogP contribution in [0.25, 0.3) is 0 Å². The molecule has 21 heavy (non-hydrogen) atoms. The van der Waals surface area contributed by atoms with Crippen LogP contribution in [0.2, 0.25) is 0 Å². The molecule has 2 N–H and O–H groups in total. The van der Waals surface area contributed by atoms with Crippen molar-refractivity contribution in [2.45, 2.75) is 64.4 Å². The quantitative estimate of drug-likeness (QED) is 0.616. The predicted molar refractivity (Wildman–Crippen MR) is 79.9 cm³/mol. The normalized spacial score (nSPS) is 28.1. The summed E-state index contributed by atoms with van der Waals surface area (Å²) in [5, 5.41) is 14.8. The SMILES string of the molecule is CCNC(=NCc1nncn1CC)NC1CC2CCC1O2. The first-order valence-electron chi connectivity index (χ1n) is 7.87. The third-order valence-electron chi connectivity index (χ3n) is 4.19. The molecule has 3 heterocycles. The van der Waals surface area contributed by atoms with Gasteiger partial charge in [0, 0.05) is 13.1 Å². The predicted octanol–water partition coefficient (Wildman–Crippen LogP) is 0.673. The van der Waals surface area contributed by atoms with Gasteiger partial charge in [-0.25, -0.2) is 4.99 Å². The Morgan fingerprint density at radius 3 is 3.05 bits per heavy atom. The lowest BCUT2D eigenvalue weighted by molar-refractivity contribution is 0.0992. The number of aromatic nitrogens is 3. The molecule has 3 atom stereocenters. The van der Waals surface area contributed by atoms with E-state index in [0.717, 1.165) is 37.7 Å². The molecule has 0 radical (unpaired) electrons. The fourth-order valence-electron chi connectivity index (χ4n) is 3.10. The number of hydrogen-bond acceptors (Lipinski definition) is 4. The fourth-order valence-corrected chi connectivity index (χ4v) is 3.10. The van der Waals surface area contributed by atoms with E-state index in [1.54, 1.807) is 6.33 Å². The first kappa shape index (κ1) is 14.3. The van der Waals surface area contributed by atoms with Gasteiger partial charge in [0.25, 0.3) is 0 Å². The smallest absolute Gasteiger partial charge is 0.192 e. The van der Waals surface area contributed by atoms with Crippen molar-refractivity contribution in [3.63, 3.8) is 0 Å². The summed E-state index contributed by atoms with van der Waals surface area (Å²) in [6, 6.07) is 0.380. The molecule has 2 aliphatic rings. The monoisotopic (exact) mass is 292 g/mol. The van der Waals surface area contributed by atoms with Crippen molar-refractivity contribution in [2.24, 2.45) is 4.99 Å². The lowest BCUT2D eigenvalue weighted by Crippen LogP contribution is -2.47. The molecule has 0 amide bonds. The number of hydrogen-bond donors (Lipinski definition) is 2. The molecule has 1 aromatic heterocycles. The number of nitrogens with zero attached hydrogens (tertiary/aromatic N) is 4. The largest absolute Gasteiger partial charge is 0.373 e. The average Bonchev–Trinajstić information content (AvgIpc) is 3.20. The Labute approximate surface area is 125 Å². The highest BCUT2D eigenvalue weighted by Gasteiger charge is 2.41. The zero-order valence-electron chi connectivity index (χ0n) is 12.7. The summed E-state index contributed by atoms with van der Waals surface area (Å²) >= 11 is 0. The van der Waals surface area contributed by atoms with Crippen LogP contribution in [0.5, 0.6) is 0 Å². The third-order valence-corrected chi connectivity index (χ3v) is 4.19. The highest BCUT2D eigenvalue weighted by atomic mass is 16.5. The van der Waals surface area contributed by atoms with Gasteiger partial charge < -0.3 is 19.9 Å². The Morgan fingerprint density at radius 1 is 1.48 bits per heavy atom. The van der Waals surface area contributed by atoms with Gasteiger partial charge >= 0.3 is 0 Å². The van der Waals surface area contributed by atoms with E-state index < -0.39 is 0 Å². The molecule has 3 unspecified atom stereocenters. The van der Waals surface area contributed by atoms with E-state index in [-0.39, 0.29) is 0 Å². The second-order valence-electron chi connectivity index (χ2n) is 5.59. The zero-order chi connectivity index (χ0) is 14.7. The second kappa shape index (κ2) is 6.43. The van der Waals surface area contributed by atoms with Crippen LogP contribution in [-0.2, 0) is 17.8 Å². The van der Waals surface area contributed by atoms with Crippen molar-refractivity contribution in [1.29, 1.82) is 0 Å². The van der Waals surface area contributed by atoms with Gasteiger partial charge in [0.1, 0.15) is 12.9 Å². The van der Waals surface area contributed by atoms with E-state index in [1.807, 2.05) is 4.57 Å². The average molecular weight is 292 g/mol. The molecule has 7 heteroatoms. The minimum atomic E-state index is 0.346. The molecular formula is C14H24N6O. The highest BCUT2D eigenvalue weighted by molar-refractivity contribution is 5.80. The van der Waals surface area contributed by atoms with Gasteiger partial charge in [-0.05, 0) is 33.1 Å². The van der Waals surface area contributed by atoms with Crippen molar-refractivity contribution in [3.8, 4) is 0 Å². The summed E-state index contributed by atoms with van der Waals surface area (Å²) in [5.74, 6) is 1.73. The molecule has 0 spiro atoms. The summed E-state index contributed by atoms with van der Waals surface area (Å²) < 4.78 is 7.89. The van der Waals surface area contributed by atoms with Gasteiger partial charge in [0.05, 0.1) is 18.2 Å². The van der Waals surface area contributed by atoms with Crippen LogP contribution in [0.4, 0.5) is 0 Å². The summed E-state index contributed by atoms with van der Waals surface area (Å²) in [5.41, 5.74) is 0. The molecule has 2 saturated heterocycles. The molecule has 7 nitrogen and oxygen atoms in total. The van der Waals surface area contributed by atoms with Crippen molar-refractivity contribution < 1.29 is 4.74 Å². The number of fused-ring (bicyclic) bond motifs is 2. The van der Waals surface area contributed by atoms with Crippen molar-refractivity contribution in [2.75, 3.05) is 6.54 Å². The molecule has 0 aromatic carbocycles. The van der Waals surface area contributed by atoms with E-state index in [9.17, 15) is 0 Å². The van der Waals surface area contributed by atoms with Crippen LogP contribution in [0.3, 0.4) is 0 Å². The number of rotatable bonds is 5. The number of aliphatic imine (C=N–C) groups is 1. The topological polar surface area (TPSA) is 76.4 Å². The zero-order valence-corrected chi connectivity index (χ0v) is 12.7. The van der Waals surface area contributed by atoms with E-state index in [2.05, 4.69) is 39.7 Å². The van der Waals surface area contributed by atoms with Gasteiger partial charge in [-0.15, -0.1) is 10.2 Å². The second-order valence-corrected chi connectivity index (χ2v) is 5.59. The lowest BCUT2D eigenvalue weighted by atomic mass is 9.96. The molecule has 0 saturated carbocycles. The number of aryl methyl sites for hydroxylation is 1. The van der Waals surface area contributed by atoms with Gasteiger partial charge in [-0.1, -0.05) is 0 Å². The van der Waals surface area contributed by atoms with Gasteiger partial charge in [-0.2, -0.15) is 0 Å². The first-order valence-corrected chi connectivity index (χ1v) is 7.87.